The zero-order valence-electron chi connectivity index (χ0n) is 9.25. The van der Waals surface area contributed by atoms with Crippen LogP contribution in [0.3, 0.4) is 0 Å². The first-order valence-electron chi connectivity index (χ1n) is 5.81. The number of halogens is 1. The molecule has 2 heteroatoms. The fourth-order valence-corrected chi connectivity index (χ4v) is 2.71. The van der Waals surface area contributed by atoms with E-state index in [9.17, 15) is 0 Å². The molecule has 1 aliphatic rings. The number of alkyl halides is 1. The summed E-state index contributed by atoms with van der Waals surface area (Å²) >= 11 is 6.42. The molecule has 1 aliphatic carbocycles. The van der Waals surface area contributed by atoms with E-state index >= 15 is 0 Å². The molecule has 1 unspecified atom stereocenters. The Morgan fingerprint density at radius 2 is 2.13 bits per heavy atom. The molecule has 1 heterocycles. The van der Waals surface area contributed by atoms with Gasteiger partial charge in [0, 0.05) is 23.7 Å². The van der Waals surface area contributed by atoms with Crippen molar-refractivity contribution in [3.05, 3.63) is 29.6 Å². The lowest BCUT2D eigenvalue weighted by Crippen LogP contribution is -2.15. The standard InChI is InChI=1S/C13H18ClN/c1-10-6-7-12(15-9-10)8-13(14)11-4-2-3-5-11/h6-7,9,11,13H,2-5,8H2,1H3. The van der Waals surface area contributed by atoms with E-state index in [1.165, 1.54) is 31.2 Å². The van der Waals surface area contributed by atoms with Crippen molar-refractivity contribution in [3.8, 4) is 0 Å². The molecule has 82 valence electrons. The van der Waals surface area contributed by atoms with Gasteiger partial charge in [-0.1, -0.05) is 18.9 Å². The Kier molecular flexibility index (Phi) is 3.63. The van der Waals surface area contributed by atoms with Crippen LogP contribution in [0, 0.1) is 12.8 Å². The van der Waals surface area contributed by atoms with Gasteiger partial charge in [-0.15, -0.1) is 11.6 Å². The van der Waals surface area contributed by atoms with Gasteiger partial charge in [-0.2, -0.15) is 0 Å². The van der Waals surface area contributed by atoms with E-state index in [0.717, 1.165) is 18.0 Å². The highest BCUT2D eigenvalue weighted by atomic mass is 35.5. The minimum absolute atomic E-state index is 0.280. The topological polar surface area (TPSA) is 12.9 Å². The van der Waals surface area contributed by atoms with Crippen LogP contribution >= 0.6 is 11.6 Å². The number of nitrogens with zero attached hydrogens (tertiary/aromatic N) is 1. The molecule has 0 saturated heterocycles. The van der Waals surface area contributed by atoms with E-state index in [1.54, 1.807) is 0 Å². The quantitative estimate of drug-likeness (QED) is 0.712. The highest BCUT2D eigenvalue weighted by molar-refractivity contribution is 6.20. The number of aryl methyl sites for hydroxylation is 1. The maximum atomic E-state index is 6.42. The predicted molar refractivity (Wildman–Crippen MR) is 64.3 cm³/mol. The zero-order chi connectivity index (χ0) is 10.7. The molecule has 1 aromatic heterocycles. The first kappa shape index (κ1) is 10.9. The molecule has 0 spiro atoms. The fraction of sp³-hybridized carbons (Fsp3) is 0.615. The Labute approximate surface area is 96.9 Å². The third-order valence-electron chi connectivity index (χ3n) is 3.29. The molecule has 1 saturated carbocycles. The van der Waals surface area contributed by atoms with Crippen molar-refractivity contribution in [2.24, 2.45) is 5.92 Å². The lowest BCUT2D eigenvalue weighted by molar-refractivity contribution is 0.509. The van der Waals surface area contributed by atoms with Gasteiger partial charge < -0.3 is 0 Å². The van der Waals surface area contributed by atoms with Crippen molar-refractivity contribution in [1.82, 2.24) is 4.98 Å². The summed E-state index contributed by atoms with van der Waals surface area (Å²) in [6.07, 6.45) is 8.17. The van der Waals surface area contributed by atoms with Crippen LogP contribution in [0.1, 0.15) is 36.9 Å². The summed E-state index contributed by atoms with van der Waals surface area (Å²) in [5, 5.41) is 0.280. The SMILES string of the molecule is Cc1ccc(CC(Cl)C2CCCC2)nc1. The fourth-order valence-electron chi connectivity index (χ4n) is 2.30. The maximum Gasteiger partial charge on any atom is 0.0419 e. The van der Waals surface area contributed by atoms with E-state index < -0.39 is 0 Å². The third kappa shape index (κ3) is 2.94. The summed E-state index contributed by atoms with van der Waals surface area (Å²) < 4.78 is 0. The average molecular weight is 224 g/mol. The Balaban J connectivity index is 1.92. The van der Waals surface area contributed by atoms with Crippen LogP contribution in [0.25, 0.3) is 0 Å². The molecule has 2 rings (SSSR count). The van der Waals surface area contributed by atoms with Gasteiger partial charge in [-0.25, -0.2) is 0 Å². The monoisotopic (exact) mass is 223 g/mol. The molecule has 1 fully saturated rings. The van der Waals surface area contributed by atoms with E-state index in [-0.39, 0.29) is 5.38 Å². The Hall–Kier alpha value is -0.560. The van der Waals surface area contributed by atoms with Gasteiger partial charge in [0.05, 0.1) is 0 Å². The van der Waals surface area contributed by atoms with Gasteiger partial charge >= 0.3 is 0 Å². The number of rotatable bonds is 3. The molecule has 0 N–H and O–H groups in total. The minimum Gasteiger partial charge on any atom is -0.261 e. The average Bonchev–Trinajstić information content (AvgIpc) is 2.74. The van der Waals surface area contributed by atoms with Crippen LogP contribution in [0.5, 0.6) is 0 Å². The van der Waals surface area contributed by atoms with Crippen LogP contribution in [-0.4, -0.2) is 10.4 Å². The maximum absolute atomic E-state index is 6.42. The molecule has 0 amide bonds. The van der Waals surface area contributed by atoms with Crippen LogP contribution in [0.4, 0.5) is 0 Å². The van der Waals surface area contributed by atoms with E-state index in [4.69, 9.17) is 11.6 Å². The lowest BCUT2D eigenvalue weighted by atomic mass is 9.99. The number of hydrogen-bond donors (Lipinski definition) is 0. The molecule has 1 nitrogen and oxygen atoms in total. The Morgan fingerprint density at radius 1 is 1.40 bits per heavy atom. The summed E-state index contributed by atoms with van der Waals surface area (Å²) in [5.74, 6) is 0.717. The van der Waals surface area contributed by atoms with E-state index in [0.29, 0.717) is 0 Å². The van der Waals surface area contributed by atoms with Crippen LogP contribution in [0.15, 0.2) is 18.3 Å². The van der Waals surface area contributed by atoms with Crippen LogP contribution < -0.4 is 0 Å². The van der Waals surface area contributed by atoms with Crippen molar-refractivity contribution in [2.45, 2.75) is 44.4 Å². The minimum atomic E-state index is 0.280. The van der Waals surface area contributed by atoms with Crippen molar-refractivity contribution < 1.29 is 0 Å². The van der Waals surface area contributed by atoms with Gasteiger partial charge in [0.25, 0.3) is 0 Å². The molecule has 1 atom stereocenters. The van der Waals surface area contributed by atoms with Crippen molar-refractivity contribution in [3.63, 3.8) is 0 Å². The van der Waals surface area contributed by atoms with Crippen molar-refractivity contribution in [2.75, 3.05) is 0 Å². The van der Waals surface area contributed by atoms with Gasteiger partial charge in [-0.3, -0.25) is 4.98 Å². The largest absolute Gasteiger partial charge is 0.261 e. The molecule has 0 aromatic carbocycles. The summed E-state index contributed by atoms with van der Waals surface area (Å²) in [7, 11) is 0. The summed E-state index contributed by atoms with van der Waals surface area (Å²) in [4.78, 5) is 4.41. The smallest absolute Gasteiger partial charge is 0.0419 e. The zero-order valence-corrected chi connectivity index (χ0v) is 10.0. The van der Waals surface area contributed by atoms with Crippen molar-refractivity contribution >= 4 is 11.6 Å². The van der Waals surface area contributed by atoms with Gasteiger partial charge in [0.1, 0.15) is 0 Å². The van der Waals surface area contributed by atoms with Gasteiger partial charge in [-0.05, 0) is 37.3 Å². The highest BCUT2D eigenvalue weighted by Gasteiger charge is 2.23. The molecular formula is C13H18ClN. The number of aromatic nitrogens is 1. The molecule has 1 aromatic rings. The van der Waals surface area contributed by atoms with Crippen LogP contribution in [0.2, 0.25) is 0 Å². The second-order valence-corrected chi connectivity index (χ2v) is 5.15. The highest BCUT2D eigenvalue weighted by Crippen LogP contribution is 2.31. The first-order chi connectivity index (χ1) is 7.25. The van der Waals surface area contributed by atoms with Gasteiger partial charge in [0.2, 0.25) is 0 Å². The van der Waals surface area contributed by atoms with Crippen LogP contribution in [-0.2, 0) is 6.42 Å². The number of hydrogen-bond acceptors (Lipinski definition) is 1. The Morgan fingerprint density at radius 3 is 2.73 bits per heavy atom. The molecule has 0 aliphatic heterocycles. The van der Waals surface area contributed by atoms with Gasteiger partial charge in [0.15, 0.2) is 0 Å². The van der Waals surface area contributed by atoms with E-state index in [1.807, 2.05) is 6.20 Å². The summed E-state index contributed by atoms with van der Waals surface area (Å²) in [6.45, 7) is 2.06. The normalized spacial score (nSPS) is 19.3. The predicted octanol–water partition coefficient (Wildman–Crippen LogP) is 3.73. The summed E-state index contributed by atoms with van der Waals surface area (Å²) in [6, 6.07) is 4.21. The molecule has 15 heavy (non-hydrogen) atoms. The number of pyridine rings is 1. The second kappa shape index (κ2) is 4.98. The molecule has 0 bridgehead atoms. The van der Waals surface area contributed by atoms with E-state index in [2.05, 4.69) is 24.0 Å². The molecule has 0 radical (unpaired) electrons. The second-order valence-electron chi connectivity index (χ2n) is 4.59. The van der Waals surface area contributed by atoms with Crippen molar-refractivity contribution in [1.29, 1.82) is 0 Å². The third-order valence-corrected chi connectivity index (χ3v) is 3.80. The lowest BCUT2D eigenvalue weighted by Gasteiger charge is -2.15. The summed E-state index contributed by atoms with van der Waals surface area (Å²) in [5.41, 5.74) is 2.35. The first-order valence-corrected chi connectivity index (χ1v) is 6.25. The molecular weight excluding hydrogens is 206 g/mol. The Bertz CT molecular complexity index is 301.